The topological polar surface area (TPSA) is 96.2 Å². The van der Waals surface area contributed by atoms with Gasteiger partial charge in [-0.05, 0) is 13.0 Å². The molecule has 0 radical (unpaired) electrons. The molecular weight excluding hydrogens is 234 g/mol. The lowest BCUT2D eigenvalue weighted by atomic mass is 10.4. The van der Waals surface area contributed by atoms with Crippen LogP contribution in [0.15, 0.2) is 24.7 Å². The minimum absolute atomic E-state index is 0.0174. The van der Waals surface area contributed by atoms with Crippen LogP contribution in [0.5, 0.6) is 0 Å². The fourth-order valence-corrected chi connectivity index (χ4v) is 1.79. The van der Waals surface area contributed by atoms with Gasteiger partial charge in [-0.1, -0.05) is 0 Å². The summed E-state index contributed by atoms with van der Waals surface area (Å²) in [4.78, 5) is 26.2. The van der Waals surface area contributed by atoms with Crippen LogP contribution in [-0.2, 0) is 0 Å². The molecule has 0 spiro atoms. The zero-order chi connectivity index (χ0) is 12.7. The van der Waals surface area contributed by atoms with Crippen LogP contribution in [0.4, 0.5) is 0 Å². The zero-order valence-electron chi connectivity index (χ0n) is 9.45. The number of fused-ring (bicyclic) bond motifs is 1. The summed E-state index contributed by atoms with van der Waals surface area (Å²) in [5.74, 6) is -0.0502. The Morgan fingerprint density at radius 1 is 1.44 bits per heavy atom. The first-order valence-electron chi connectivity index (χ1n) is 5.25. The van der Waals surface area contributed by atoms with Gasteiger partial charge in [0.25, 0.3) is 0 Å². The van der Waals surface area contributed by atoms with E-state index in [2.05, 4.69) is 19.9 Å². The minimum Gasteiger partial charge on any atom is -0.476 e. The first kappa shape index (κ1) is 10.5. The molecule has 0 bridgehead atoms. The lowest BCUT2D eigenvalue weighted by molar-refractivity contribution is 0.0690. The highest BCUT2D eigenvalue weighted by Crippen LogP contribution is 2.18. The Morgan fingerprint density at radius 2 is 2.28 bits per heavy atom. The Morgan fingerprint density at radius 3 is 3.00 bits per heavy atom. The molecule has 3 aromatic heterocycles. The highest BCUT2D eigenvalue weighted by atomic mass is 16.4. The molecule has 18 heavy (non-hydrogen) atoms. The van der Waals surface area contributed by atoms with Crippen LogP contribution in [-0.4, -0.2) is 35.4 Å². The van der Waals surface area contributed by atoms with Crippen molar-refractivity contribution < 1.29 is 9.90 Å². The predicted molar refractivity (Wildman–Crippen MR) is 62.3 cm³/mol. The largest absolute Gasteiger partial charge is 0.476 e. The quantitative estimate of drug-likeness (QED) is 0.703. The van der Waals surface area contributed by atoms with E-state index in [9.17, 15) is 4.79 Å². The van der Waals surface area contributed by atoms with Crippen molar-refractivity contribution in [3.8, 4) is 11.5 Å². The second kappa shape index (κ2) is 3.66. The Hall–Kier alpha value is -2.70. The summed E-state index contributed by atoms with van der Waals surface area (Å²) in [5.41, 5.74) is 1.20. The molecule has 0 fully saturated rings. The molecule has 0 aliphatic rings. The maximum Gasteiger partial charge on any atom is 0.356 e. The number of imidazole rings is 2. The van der Waals surface area contributed by atoms with E-state index in [4.69, 9.17) is 5.11 Å². The van der Waals surface area contributed by atoms with Crippen LogP contribution < -0.4 is 0 Å². The summed E-state index contributed by atoms with van der Waals surface area (Å²) in [7, 11) is 0. The van der Waals surface area contributed by atoms with Crippen molar-refractivity contribution in [1.82, 2.24) is 24.3 Å². The summed E-state index contributed by atoms with van der Waals surface area (Å²) in [5, 5.41) is 8.97. The molecular formula is C11H9N5O2. The Labute approximate surface area is 101 Å². The van der Waals surface area contributed by atoms with Crippen molar-refractivity contribution in [2.24, 2.45) is 0 Å². The third-order valence-corrected chi connectivity index (χ3v) is 2.62. The molecule has 0 atom stereocenters. The molecule has 7 nitrogen and oxygen atoms in total. The van der Waals surface area contributed by atoms with Gasteiger partial charge in [-0.2, -0.15) is 0 Å². The molecule has 7 heteroatoms. The highest BCUT2D eigenvalue weighted by Gasteiger charge is 2.16. The van der Waals surface area contributed by atoms with Crippen LogP contribution in [0, 0.1) is 6.92 Å². The number of hydrogen-bond donors (Lipinski definition) is 2. The van der Waals surface area contributed by atoms with E-state index in [1.807, 2.05) is 0 Å². The number of hydrogen-bond acceptors (Lipinski definition) is 4. The van der Waals surface area contributed by atoms with E-state index < -0.39 is 5.97 Å². The molecule has 2 N–H and O–H groups in total. The van der Waals surface area contributed by atoms with Crippen molar-refractivity contribution in [3.63, 3.8) is 0 Å². The predicted octanol–water partition coefficient (Wildman–Crippen LogP) is 1.13. The number of aryl methyl sites for hydroxylation is 1. The van der Waals surface area contributed by atoms with Crippen molar-refractivity contribution in [1.29, 1.82) is 0 Å². The zero-order valence-corrected chi connectivity index (χ0v) is 9.45. The third kappa shape index (κ3) is 1.45. The first-order valence-corrected chi connectivity index (χ1v) is 5.25. The molecule has 0 saturated heterocycles. The molecule has 3 rings (SSSR count). The number of carboxylic acids is 1. The molecule has 0 saturated carbocycles. The summed E-state index contributed by atoms with van der Waals surface area (Å²) >= 11 is 0. The summed E-state index contributed by atoms with van der Waals surface area (Å²) in [6.45, 7) is 1.67. The SMILES string of the molecule is Cc1[nH]c(-c2cnc3ncccn23)nc1C(=O)O. The number of nitrogens with one attached hydrogen (secondary N) is 1. The lowest BCUT2D eigenvalue weighted by Crippen LogP contribution is -1.98. The van der Waals surface area contributed by atoms with Crippen LogP contribution in [0.1, 0.15) is 16.2 Å². The van der Waals surface area contributed by atoms with Crippen LogP contribution >= 0.6 is 0 Å². The number of aromatic carboxylic acids is 1. The smallest absolute Gasteiger partial charge is 0.356 e. The van der Waals surface area contributed by atoms with Crippen molar-refractivity contribution >= 4 is 11.7 Å². The molecule has 0 aliphatic carbocycles. The summed E-state index contributed by atoms with van der Waals surface area (Å²) in [6, 6.07) is 1.77. The molecule has 0 unspecified atom stereocenters. The van der Waals surface area contributed by atoms with E-state index in [1.165, 1.54) is 0 Å². The Balaban J connectivity index is 2.20. The Kier molecular flexibility index (Phi) is 2.12. The number of carbonyl (C=O) groups is 1. The fourth-order valence-electron chi connectivity index (χ4n) is 1.79. The van der Waals surface area contributed by atoms with Gasteiger partial charge in [-0.15, -0.1) is 0 Å². The number of aromatic nitrogens is 5. The minimum atomic E-state index is -1.05. The molecule has 3 aromatic rings. The normalized spacial score (nSPS) is 10.9. The maximum atomic E-state index is 11.0. The second-order valence-electron chi connectivity index (χ2n) is 3.80. The van der Waals surface area contributed by atoms with Gasteiger partial charge in [0.05, 0.1) is 6.20 Å². The van der Waals surface area contributed by atoms with Gasteiger partial charge in [0.2, 0.25) is 5.78 Å². The fraction of sp³-hybridized carbons (Fsp3) is 0.0909. The van der Waals surface area contributed by atoms with E-state index >= 15 is 0 Å². The highest BCUT2D eigenvalue weighted by molar-refractivity contribution is 5.87. The van der Waals surface area contributed by atoms with Gasteiger partial charge in [0, 0.05) is 18.1 Å². The molecule has 0 amide bonds. The van der Waals surface area contributed by atoms with Gasteiger partial charge in [-0.3, -0.25) is 4.40 Å². The molecule has 0 aliphatic heterocycles. The van der Waals surface area contributed by atoms with Crippen LogP contribution in [0.2, 0.25) is 0 Å². The molecule has 0 aromatic carbocycles. The number of aromatic amines is 1. The van der Waals surface area contributed by atoms with E-state index in [1.54, 1.807) is 36.0 Å². The van der Waals surface area contributed by atoms with E-state index in [-0.39, 0.29) is 5.69 Å². The maximum absolute atomic E-state index is 11.0. The average Bonchev–Trinajstić information content (AvgIpc) is 2.92. The summed E-state index contributed by atoms with van der Waals surface area (Å²) in [6.07, 6.45) is 5.04. The first-order chi connectivity index (χ1) is 8.66. The van der Waals surface area contributed by atoms with E-state index in [0.717, 1.165) is 0 Å². The number of carboxylic acid groups (broad SMARTS) is 1. The molecule has 90 valence electrons. The van der Waals surface area contributed by atoms with Crippen molar-refractivity contribution in [2.75, 3.05) is 0 Å². The summed E-state index contributed by atoms with van der Waals surface area (Å²) < 4.78 is 1.74. The van der Waals surface area contributed by atoms with Crippen molar-refractivity contribution in [2.45, 2.75) is 6.92 Å². The number of rotatable bonds is 2. The van der Waals surface area contributed by atoms with Crippen molar-refractivity contribution in [3.05, 3.63) is 36.0 Å². The number of nitrogens with zero attached hydrogens (tertiary/aromatic N) is 4. The van der Waals surface area contributed by atoms with Gasteiger partial charge >= 0.3 is 5.97 Å². The van der Waals surface area contributed by atoms with Crippen LogP contribution in [0.25, 0.3) is 17.3 Å². The van der Waals surface area contributed by atoms with Gasteiger partial charge in [-0.25, -0.2) is 19.7 Å². The van der Waals surface area contributed by atoms with E-state index in [0.29, 0.717) is 23.0 Å². The molecule has 3 heterocycles. The standard InChI is InChI=1S/C11H9N5O2/c1-6-8(10(17)18)15-9(14-6)7-5-13-11-12-3-2-4-16(7)11/h2-5H,1H3,(H,14,15)(H,17,18). The Bertz CT molecular complexity index is 743. The number of H-pyrrole nitrogens is 1. The average molecular weight is 243 g/mol. The lowest BCUT2D eigenvalue weighted by Gasteiger charge is -1.96. The monoisotopic (exact) mass is 243 g/mol. The second-order valence-corrected chi connectivity index (χ2v) is 3.80. The van der Waals surface area contributed by atoms with Crippen LogP contribution in [0.3, 0.4) is 0 Å². The van der Waals surface area contributed by atoms with Gasteiger partial charge < -0.3 is 10.1 Å². The van der Waals surface area contributed by atoms with Gasteiger partial charge in [0.15, 0.2) is 11.5 Å². The third-order valence-electron chi connectivity index (χ3n) is 2.62. The van der Waals surface area contributed by atoms with Gasteiger partial charge in [0.1, 0.15) is 5.69 Å².